The van der Waals surface area contributed by atoms with Crippen molar-refractivity contribution in [1.29, 1.82) is 0 Å². The number of ether oxygens (including phenoxy) is 1. The van der Waals surface area contributed by atoms with Gasteiger partial charge in [0.05, 0.1) is 21.5 Å². The number of carbonyl (C=O) groups excluding carboxylic acids is 2. The van der Waals surface area contributed by atoms with Gasteiger partial charge in [-0.2, -0.15) is 13.2 Å². The fourth-order valence-corrected chi connectivity index (χ4v) is 7.93. The van der Waals surface area contributed by atoms with Crippen molar-refractivity contribution in [1.82, 2.24) is 24.6 Å². The zero-order chi connectivity index (χ0) is 29.1. The number of rotatable bonds is 5. The summed E-state index contributed by atoms with van der Waals surface area (Å²) in [4.78, 5) is 38.8. The minimum Gasteiger partial charge on any atom is -0.391 e. The summed E-state index contributed by atoms with van der Waals surface area (Å²) in [5.41, 5.74) is 0.585. The molecule has 6 rings (SSSR count). The third kappa shape index (κ3) is 5.21. The molecule has 41 heavy (non-hydrogen) atoms. The van der Waals surface area contributed by atoms with Crippen molar-refractivity contribution < 1.29 is 27.5 Å². The van der Waals surface area contributed by atoms with Gasteiger partial charge in [0.25, 0.3) is 5.91 Å². The summed E-state index contributed by atoms with van der Waals surface area (Å²) in [6.07, 6.45) is -1.36. The topological polar surface area (TPSA) is 88.8 Å². The number of amides is 2. The van der Waals surface area contributed by atoms with E-state index in [0.29, 0.717) is 45.4 Å². The monoisotopic (exact) mass is 603 g/mol. The number of fused-ring (bicyclic) bond motifs is 2. The van der Waals surface area contributed by atoms with Gasteiger partial charge in [-0.1, -0.05) is 19.1 Å². The number of benzene rings is 1. The maximum Gasteiger partial charge on any atom is 0.416 e. The number of nitrogens with zero attached hydrogens (tertiary/aromatic N) is 4. The average Bonchev–Trinajstić information content (AvgIpc) is 3.72. The predicted octanol–water partition coefficient (Wildman–Crippen LogP) is 6.43. The highest BCUT2D eigenvalue weighted by Gasteiger charge is 2.48. The predicted molar refractivity (Wildman–Crippen MR) is 149 cm³/mol. The van der Waals surface area contributed by atoms with Crippen LogP contribution in [0.4, 0.5) is 18.0 Å². The molecule has 8 nitrogen and oxygen atoms in total. The van der Waals surface area contributed by atoms with Crippen molar-refractivity contribution in [3.63, 3.8) is 0 Å². The van der Waals surface area contributed by atoms with Crippen molar-refractivity contribution >= 4 is 39.6 Å². The second-order valence-corrected chi connectivity index (χ2v) is 12.9. The molecule has 4 heterocycles. The highest BCUT2D eigenvalue weighted by molar-refractivity contribution is 7.15. The summed E-state index contributed by atoms with van der Waals surface area (Å²) < 4.78 is 46.7. The summed E-state index contributed by atoms with van der Waals surface area (Å²) in [5.74, 6) is 1.10. The van der Waals surface area contributed by atoms with E-state index in [1.165, 1.54) is 34.8 Å². The molecule has 1 unspecified atom stereocenters. The first-order valence-corrected chi connectivity index (χ1v) is 15.0. The van der Waals surface area contributed by atoms with E-state index in [-0.39, 0.29) is 30.1 Å². The number of nitrogens with one attached hydrogen (secondary N) is 1. The second-order valence-electron chi connectivity index (χ2n) is 10.8. The van der Waals surface area contributed by atoms with Gasteiger partial charge in [0.2, 0.25) is 5.88 Å². The van der Waals surface area contributed by atoms with Crippen molar-refractivity contribution in [2.24, 2.45) is 17.8 Å². The highest BCUT2D eigenvalue weighted by Crippen LogP contribution is 2.46. The number of hydrogen-bond acceptors (Lipinski definition) is 7. The molecular formula is C28H28F3N5O3S2. The van der Waals surface area contributed by atoms with Crippen LogP contribution in [-0.4, -0.2) is 50.4 Å². The third-order valence-electron chi connectivity index (χ3n) is 8.01. The van der Waals surface area contributed by atoms with Crippen LogP contribution in [0.25, 0.3) is 15.4 Å². The Labute approximate surface area is 242 Å². The van der Waals surface area contributed by atoms with Gasteiger partial charge in [-0.3, -0.25) is 9.20 Å². The largest absolute Gasteiger partial charge is 0.416 e. The molecule has 216 valence electrons. The Morgan fingerprint density at radius 3 is 2.63 bits per heavy atom. The summed E-state index contributed by atoms with van der Waals surface area (Å²) in [5, 5.41) is 5.37. The molecule has 0 radical (unpaired) electrons. The number of carbonyl (C=O) groups is 2. The van der Waals surface area contributed by atoms with E-state index in [9.17, 15) is 22.8 Å². The molecule has 1 aromatic carbocycles. The molecule has 2 amide bonds. The minimum atomic E-state index is -4.45. The second kappa shape index (κ2) is 10.4. The zero-order valence-corrected chi connectivity index (χ0v) is 24.2. The van der Waals surface area contributed by atoms with Crippen LogP contribution >= 0.6 is 22.7 Å². The van der Waals surface area contributed by atoms with Crippen LogP contribution in [0.3, 0.4) is 0 Å². The van der Waals surface area contributed by atoms with Gasteiger partial charge in [-0.25, -0.2) is 14.8 Å². The van der Waals surface area contributed by atoms with E-state index in [2.05, 4.69) is 22.2 Å². The molecule has 1 saturated carbocycles. The van der Waals surface area contributed by atoms with Crippen molar-refractivity contribution in [2.45, 2.75) is 45.8 Å². The molecule has 1 aliphatic heterocycles. The Morgan fingerprint density at radius 2 is 1.90 bits per heavy atom. The van der Waals surface area contributed by atoms with E-state index in [1.807, 2.05) is 5.38 Å². The van der Waals surface area contributed by atoms with Crippen molar-refractivity contribution in [3.05, 3.63) is 57.8 Å². The zero-order valence-electron chi connectivity index (χ0n) is 22.6. The Morgan fingerprint density at radius 1 is 1.15 bits per heavy atom. The number of aryl methyl sites for hydroxylation is 2. The summed E-state index contributed by atoms with van der Waals surface area (Å²) in [6, 6.07) is 4.53. The van der Waals surface area contributed by atoms with Gasteiger partial charge in [0.15, 0.2) is 4.96 Å². The molecule has 2 aliphatic rings. The van der Waals surface area contributed by atoms with E-state index < -0.39 is 17.8 Å². The van der Waals surface area contributed by atoms with Gasteiger partial charge < -0.3 is 15.0 Å². The molecular weight excluding hydrogens is 575 g/mol. The van der Waals surface area contributed by atoms with Gasteiger partial charge in [0, 0.05) is 24.7 Å². The average molecular weight is 604 g/mol. The van der Waals surface area contributed by atoms with E-state index >= 15 is 0 Å². The molecule has 2 fully saturated rings. The van der Waals surface area contributed by atoms with Crippen molar-refractivity contribution in [3.8, 4) is 16.3 Å². The van der Waals surface area contributed by atoms with Crippen LogP contribution < -0.4 is 10.1 Å². The Hall–Kier alpha value is -3.45. The number of thiazole rings is 2. The van der Waals surface area contributed by atoms with Crippen molar-refractivity contribution in [2.75, 3.05) is 13.1 Å². The number of imidazole rings is 1. The quantitative estimate of drug-likeness (QED) is 0.284. The van der Waals surface area contributed by atoms with E-state index in [4.69, 9.17) is 4.74 Å². The van der Waals surface area contributed by atoms with Gasteiger partial charge in [-0.05, 0) is 62.1 Å². The van der Waals surface area contributed by atoms with Crippen LogP contribution in [0.1, 0.15) is 46.5 Å². The lowest BCUT2D eigenvalue weighted by molar-refractivity contribution is -0.137. The molecule has 4 atom stereocenters. The Balaban J connectivity index is 1.23. The van der Waals surface area contributed by atoms with E-state index in [0.717, 1.165) is 29.9 Å². The first-order chi connectivity index (χ1) is 19.5. The lowest BCUT2D eigenvalue weighted by Crippen LogP contribution is -2.46. The summed E-state index contributed by atoms with van der Waals surface area (Å²) in [6.45, 7) is 6.49. The number of aromatic nitrogens is 3. The standard InChI is InChI=1S/C28H28F3N5O3S2/c1-14-10-18-13-36(24(37)22-23(41-16(3)34-22)17-4-6-19(7-5-17)28(29,30)31)21(20(18)11-14)12-32-27(38)39-25-15(2)33-26-35(25)8-9-40-26/h4-9,14,18,20-21H,10-13H2,1-3H3,(H,32,38)/t14?,18-,20-,21+/m0/s1. The van der Waals surface area contributed by atoms with Crippen LogP contribution in [-0.2, 0) is 6.18 Å². The van der Waals surface area contributed by atoms with Gasteiger partial charge in [-0.15, -0.1) is 22.7 Å². The third-order valence-corrected chi connectivity index (χ3v) is 9.79. The van der Waals surface area contributed by atoms with E-state index in [1.54, 1.807) is 29.3 Å². The fraction of sp³-hybridized carbons (Fsp3) is 0.429. The number of alkyl halides is 3. The lowest BCUT2D eigenvalue weighted by atomic mass is 9.93. The number of halogens is 3. The normalized spacial score (nSPS) is 22.3. The fourth-order valence-electron chi connectivity index (χ4n) is 6.26. The number of likely N-dealkylation sites (tertiary alicyclic amines) is 1. The van der Waals surface area contributed by atoms with Gasteiger partial charge >= 0.3 is 12.3 Å². The molecule has 1 aliphatic carbocycles. The number of hydrogen-bond donors (Lipinski definition) is 1. The Bertz CT molecular complexity index is 1610. The van der Waals surface area contributed by atoms with Crippen LogP contribution in [0, 0.1) is 31.6 Å². The molecule has 0 spiro atoms. The summed E-state index contributed by atoms with van der Waals surface area (Å²) in [7, 11) is 0. The van der Waals surface area contributed by atoms with Gasteiger partial charge in [0.1, 0.15) is 11.4 Å². The van der Waals surface area contributed by atoms with Crippen LogP contribution in [0.5, 0.6) is 5.88 Å². The Kier molecular flexibility index (Phi) is 7.05. The smallest absolute Gasteiger partial charge is 0.391 e. The minimum absolute atomic E-state index is 0.210. The van der Waals surface area contributed by atoms with Crippen LogP contribution in [0.2, 0.25) is 0 Å². The lowest BCUT2D eigenvalue weighted by Gasteiger charge is -2.28. The highest BCUT2D eigenvalue weighted by atomic mass is 32.1. The molecule has 4 aromatic rings. The van der Waals surface area contributed by atoms with Crippen LogP contribution in [0.15, 0.2) is 35.8 Å². The molecule has 3 aromatic heterocycles. The molecule has 1 N–H and O–H groups in total. The first-order valence-electron chi connectivity index (χ1n) is 13.3. The SMILES string of the molecule is Cc1nc(C(=O)N2C[C@@H]3CC(C)C[C@@H]3[C@H]2CNC(=O)Oc2c(C)nc3sccn23)c(-c2ccc(C(F)(F)F)cc2)s1. The molecule has 0 bridgehead atoms. The first kappa shape index (κ1) is 27.7. The summed E-state index contributed by atoms with van der Waals surface area (Å²) >= 11 is 2.72. The maximum atomic E-state index is 14.0. The molecule has 1 saturated heterocycles. The maximum absolute atomic E-state index is 14.0. The molecule has 13 heteroatoms.